The zero-order valence-corrected chi connectivity index (χ0v) is 21.8. The maximum atomic E-state index is 6.47. The predicted molar refractivity (Wildman–Crippen MR) is 169 cm³/mol. The van der Waals surface area contributed by atoms with Crippen LogP contribution in [0.25, 0.3) is 54.6 Å². The number of furan rings is 1. The van der Waals surface area contributed by atoms with Crippen molar-refractivity contribution in [2.75, 3.05) is 4.90 Å². The van der Waals surface area contributed by atoms with Gasteiger partial charge in [0.25, 0.3) is 0 Å². The predicted octanol–water partition coefficient (Wildman–Crippen LogP) is 11.0. The highest BCUT2D eigenvalue weighted by atomic mass is 16.3. The molecule has 0 spiro atoms. The number of benzene rings is 7. The minimum absolute atomic E-state index is 0.906. The molecule has 2 nitrogen and oxygen atoms in total. The van der Waals surface area contributed by atoms with Crippen LogP contribution in [-0.2, 0) is 0 Å². The van der Waals surface area contributed by atoms with Crippen molar-refractivity contribution in [3.05, 3.63) is 152 Å². The molecule has 0 aliphatic rings. The summed E-state index contributed by atoms with van der Waals surface area (Å²) >= 11 is 0. The summed E-state index contributed by atoms with van der Waals surface area (Å²) in [4.78, 5) is 2.33. The van der Waals surface area contributed by atoms with E-state index in [0.29, 0.717) is 0 Å². The summed E-state index contributed by atoms with van der Waals surface area (Å²) in [5.74, 6) is 0. The summed E-state index contributed by atoms with van der Waals surface area (Å²) < 4.78 is 6.47. The van der Waals surface area contributed by atoms with Gasteiger partial charge in [-0.15, -0.1) is 0 Å². The third-order valence-corrected chi connectivity index (χ3v) is 7.81. The normalized spacial score (nSPS) is 11.5. The molecule has 0 atom stereocenters. The van der Waals surface area contributed by atoms with Crippen molar-refractivity contribution in [1.82, 2.24) is 0 Å². The summed E-state index contributed by atoms with van der Waals surface area (Å²) in [5.41, 5.74) is 7.52. The van der Waals surface area contributed by atoms with Crippen molar-refractivity contribution in [2.24, 2.45) is 0 Å². The second-order valence-corrected chi connectivity index (χ2v) is 10.2. The summed E-state index contributed by atoms with van der Waals surface area (Å²) in [6, 6.07) is 53.8. The Morgan fingerprint density at radius 2 is 1.12 bits per heavy atom. The van der Waals surface area contributed by atoms with Crippen LogP contribution in [0.4, 0.5) is 17.1 Å². The standard InChI is InChI=1S/C38H25NO/c1-2-14-30(15-3-1)39(32-22-20-26-10-4-5-12-28(26)24-32)31-16-8-13-29(25-31)33-18-9-19-36-37(33)35-23-21-27-11-6-7-17-34(27)38(35)40-36/h1-25H. The molecule has 0 radical (unpaired) electrons. The molecule has 2 heteroatoms. The largest absolute Gasteiger partial charge is 0.455 e. The van der Waals surface area contributed by atoms with Gasteiger partial charge in [-0.05, 0) is 75.8 Å². The quantitative estimate of drug-likeness (QED) is 0.234. The molecule has 40 heavy (non-hydrogen) atoms. The Balaban J connectivity index is 1.33. The fourth-order valence-corrected chi connectivity index (χ4v) is 5.95. The fourth-order valence-electron chi connectivity index (χ4n) is 5.95. The lowest BCUT2D eigenvalue weighted by Gasteiger charge is -2.26. The van der Waals surface area contributed by atoms with Gasteiger partial charge < -0.3 is 9.32 Å². The summed E-state index contributed by atoms with van der Waals surface area (Å²) in [5, 5.41) is 7.08. The molecule has 0 amide bonds. The Bertz CT molecular complexity index is 2170. The zero-order chi connectivity index (χ0) is 26.5. The minimum Gasteiger partial charge on any atom is -0.455 e. The first-order valence-corrected chi connectivity index (χ1v) is 13.6. The van der Waals surface area contributed by atoms with Crippen LogP contribution in [0.15, 0.2) is 156 Å². The van der Waals surface area contributed by atoms with Gasteiger partial charge in [0.1, 0.15) is 11.2 Å². The molecule has 8 rings (SSSR count). The molecule has 188 valence electrons. The Morgan fingerprint density at radius 1 is 0.425 bits per heavy atom. The van der Waals surface area contributed by atoms with Crippen LogP contribution in [0.5, 0.6) is 0 Å². The van der Waals surface area contributed by atoms with Crippen molar-refractivity contribution in [2.45, 2.75) is 0 Å². The van der Waals surface area contributed by atoms with E-state index in [-0.39, 0.29) is 0 Å². The first kappa shape index (κ1) is 22.6. The van der Waals surface area contributed by atoms with E-state index < -0.39 is 0 Å². The van der Waals surface area contributed by atoms with E-state index in [1.807, 2.05) is 0 Å². The molecule has 0 saturated carbocycles. The van der Waals surface area contributed by atoms with Crippen molar-refractivity contribution in [1.29, 1.82) is 0 Å². The number of fused-ring (bicyclic) bond motifs is 6. The highest BCUT2D eigenvalue weighted by Crippen LogP contribution is 2.42. The van der Waals surface area contributed by atoms with Gasteiger partial charge in [-0.1, -0.05) is 103 Å². The molecule has 8 aromatic rings. The van der Waals surface area contributed by atoms with Crippen LogP contribution < -0.4 is 4.90 Å². The van der Waals surface area contributed by atoms with E-state index in [1.165, 1.54) is 21.7 Å². The van der Waals surface area contributed by atoms with Crippen molar-refractivity contribution in [3.8, 4) is 11.1 Å². The monoisotopic (exact) mass is 511 g/mol. The van der Waals surface area contributed by atoms with Crippen LogP contribution in [0.1, 0.15) is 0 Å². The highest BCUT2D eigenvalue weighted by molar-refractivity contribution is 6.19. The molecule has 0 aliphatic carbocycles. The van der Waals surface area contributed by atoms with Gasteiger partial charge in [-0.3, -0.25) is 0 Å². The Morgan fingerprint density at radius 3 is 2.02 bits per heavy atom. The lowest BCUT2D eigenvalue weighted by molar-refractivity contribution is 0.673. The zero-order valence-electron chi connectivity index (χ0n) is 21.8. The first-order valence-electron chi connectivity index (χ1n) is 13.6. The third-order valence-electron chi connectivity index (χ3n) is 7.81. The molecule has 0 bridgehead atoms. The number of anilines is 3. The van der Waals surface area contributed by atoms with Crippen LogP contribution in [0.3, 0.4) is 0 Å². The second kappa shape index (κ2) is 9.14. The Kier molecular flexibility index (Phi) is 5.17. The average Bonchev–Trinajstić information content (AvgIpc) is 3.41. The van der Waals surface area contributed by atoms with E-state index in [2.05, 4.69) is 157 Å². The van der Waals surface area contributed by atoms with Gasteiger partial charge in [-0.2, -0.15) is 0 Å². The topological polar surface area (TPSA) is 16.4 Å². The number of rotatable bonds is 4. The SMILES string of the molecule is c1ccc(N(c2cccc(-c3cccc4oc5c6ccccc6ccc5c34)c2)c2ccc3ccccc3c2)cc1. The first-order chi connectivity index (χ1) is 19.8. The maximum Gasteiger partial charge on any atom is 0.143 e. The molecule has 0 N–H and O–H groups in total. The molecular formula is C38H25NO. The number of nitrogens with zero attached hydrogens (tertiary/aromatic N) is 1. The molecule has 1 heterocycles. The molecule has 0 aliphatic heterocycles. The van der Waals surface area contributed by atoms with E-state index in [4.69, 9.17) is 4.42 Å². The van der Waals surface area contributed by atoms with Crippen molar-refractivity contribution < 1.29 is 4.42 Å². The van der Waals surface area contributed by atoms with Gasteiger partial charge in [-0.25, -0.2) is 0 Å². The van der Waals surface area contributed by atoms with Crippen LogP contribution in [-0.4, -0.2) is 0 Å². The number of hydrogen-bond donors (Lipinski definition) is 0. The molecule has 0 fully saturated rings. The molecular weight excluding hydrogens is 486 g/mol. The third kappa shape index (κ3) is 3.65. The van der Waals surface area contributed by atoms with E-state index in [0.717, 1.165) is 50.0 Å². The fraction of sp³-hybridized carbons (Fsp3) is 0. The van der Waals surface area contributed by atoms with Crippen LogP contribution in [0, 0.1) is 0 Å². The van der Waals surface area contributed by atoms with Crippen LogP contribution >= 0.6 is 0 Å². The van der Waals surface area contributed by atoms with Crippen LogP contribution in [0.2, 0.25) is 0 Å². The van der Waals surface area contributed by atoms with Gasteiger partial charge in [0.15, 0.2) is 0 Å². The van der Waals surface area contributed by atoms with Gasteiger partial charge in [0.05, 0.1) is 0 Å². The molecule has 0 saturated heterocycles. The lowest BCUT2D eigenvalue weighted by Crippen LogP contribution is -2.09. The molecule has 7 aromatic carbocycles. The average molecular weight is 512 g/mol. The molecule has 1 aromatic heterocycles. The summed E-state index contributed by atoms with van der Waals surface area (Å²) in [6.07, 6.45) is 0. The van der Waals surface area contributed by atoms with Gasteiger partial charge in [0.2, 0.25) is 0 Å². The summed E-state index contributed by atoms with van der Waals surface area (Å²) in [7, 11) is 0. The Labute approximate surface area is 232 Å². The maximum absolute atomic E-state index is 6.47. The van der Waals surface area contributed by atoms with Gasteiger partial charge >= 0.3 is 0 Å². The van der Waals surface area contributed by atoms with Crippen molar-refractivity contribution in [3.63, 3.8) is 0 Å². The Hall–Kier alpha value is -5.34. The minimum atomic E-state index is 0.906. The molecule has 0 unspecified atom stereocenters. The van der Waals surface area contributed by atoms with E-state index in [1.54, 1.807) is 0 Å². The smallest absolute Gasteiger partial charge is 0.143 e. The van der Waals surface area contributed by atoms with E-state index >= 15 is 0 Å². The van der Waals surface area contributed by atoms with Crippen molar-refractivity contribution >= 4 is 60.5 Å². The highest BCUT2D eigenvalue weighted by Gasteiger charge is 2.17. The number of para-hydroxylation sites is 1. The van der Waals surface area contributed by atoms with E-state index in [9.17, 15) is 0 Å². The summed E-state index contributed by atoms with van der Waals surface area (Å²) in [6.45, 7) is 0. The second-order valence-electron chi connectivity index (χ2n) is 10.2. The van der Waals surface area contributed by atoms with Gasteiger partial charge in [0, 0.05) is 33.2 Å². The lowest BCUT2D eigenvalue weighted by atomic mass is 9.97. The number of hydrogen-bond acceptors (Lipinski definition) is 2.